The van der Waals surface area contributed by atoms with E-state index in [1.807, 2.05) is 59.8 Å². The lowest BCUT2D eigenvalue weighted by Crippen LogP contribution is -2.44. The van der Waals surface area contributed by atoms with Crippen LogP contribution >= 0.6 is 0 Å². The Labute approximate surface area is 182 Å². The van der Waals surface area contributed by atoms with Crippen molar-refractivity contribution in [2.24, 2.45) is 5.41 Å². The number of rotatable bonds is 4. The number of amides is 1. The van der Waals surface area contributed by atoms with Crippen LogP contribution in [0.3, 0.4) is 0 Å². The molecule has 2 aromatic carbocycles. The Balaban J connectivity index is 1.35. The van der Waals surface area contributed by atoms with Crippen molar-refractivity contribution >= 4 is 22.8 Å². The molecule has 1 spiro atoms. The normalized spacial score (nSPS) is 25.7. The molecule has 1 aliphatic carbocycles. The molecule has 1 saturated heterocycles. The van der Waals surface area contributed by atoms with E-state index in [0.717, 1.165) is 48.8 Å². The standard InChI is InChI=1S/C25H26N4O2/c1-24(16-29-18-27-21-10-9-20(26-2)13-22(21)29)11-6-12-25(15-24)17-28(23(30)31-25)14-19-7-4-3-5-8-19/h3-5,7-10,13,18H,6,11-12,14-17H2,1H3/t24-,25-/m0/s1. The maximum Gasteiger partial charge on any atom is 0.410 e. The molecule has 6 nitrogen and oxygen atoms in total. The minimum Gasteiger partial charge on any atom is -0.441 e. The molecule has 1 saturated carbocycles. The van der Waals surface area contributed by atoms with Gasteiger partial charge in [-0.2, -0.15) is 0 Å². The van der Waals surface area contributed by atoms with Crippen LogP contribution < -0.4 is 0 Å². The number of fused-ring (bicyclic) bond motifs is 1. The van der Waals surface area contributed by atoms with Crippen molar-refractivity contribution in [1.29, 1.82) is 0 Å². The summed E-state index contributed by atoms with van der Waals surface area (Å²) in [5.41, 5.74) is 3.21. The van der Waals surface area contributed by atoms with Crippen molar-refractivity contribution in [1.82, 2.24) is 14.5 Å². The number of carbonyl (C=O) groups excluding carboxylic acids is 1. The predicted molar refractivity (Wildman–Crippen MR) is 119 cm³/mol. The summed E-state index contributed by atoms with van der Waals surface area (Å²) in [6.07, 6.45) is 5.51. The average Bonchev–Trinajstić information content (AvgIpc) is 3.28. The Morgan fingerprint density at radius 2 is 2.03 bits per heavy atom. The van der Waals surface area contributed by atoms with Crippen LogP contribution in [-0.2, 0) is 17.8 Å². The Kier molecular flexibility index (Phi) is 4.70. The Morgan fingerprint density at radius 1 is 1.19 bits per heavy atom. The summed E-state index contributed by atoms with van der Waals surface area (Å²) in [6.45, 7) is 11.6. The van der Waals surface area contributed by atoms with E-state index in [-0.39, 0.29) is 11.5 Å². The van der Waals surface area contributed by atoms with Crippen LogP contribution in [0.25, 0.3) is 15.9 Å². The maximum absolute atomic E-state index is 12.7. The first-order valence-electron chi connectivity index (χ1n) is 10.8. The molecule has 0 unspecified atom stereocenters. The van der Waals surface area contributed by atoms with E-state index in [4.69, 9.17) is 11.3 Å². The highest BCUT2D eigenvalue weighted by atomic mass is 16.6. The topological polar surface area (TPSA) is 51.7 Å². The minimum atomic E-state index is -0.420. The molecule has 3 aromatic rings. The van der Waals surface area contributed by atoms with E-state index >= 15 is 0 Å². The molecule has 158 valence electrons. The lowest BCUT2D eigenvalue weighted by Gasteiger charge is -2.43. The first kappa shape index (κ1) is 19.6. The smallest absolute Gasteiger partial charge is 0.410 e. The average molecular weight is 415 g/mol. The molecule has 2 fully saturated rings. The fourth-order valence-corrected chi connectivity index (χ4v) is 5.42. The monoisotopic (exact) mass is 414 g/mol. The van der Waals surface area contributed by atoms with Gasteiger partial charge in [-0.05, 0) is 48.8 Å². The fourth-order valence-electron chi connectivity index (χ4n) is 5.42. The van der Waals surface area contributed by atoms with E-state index in [1.54, 1.807) is 0 Å². The number of nitrogens with zero attached hydrogens (tertiary/aromatic N) is 4. The molecular weight excluding hydrogens is 388 g/mol. The summed E-state index contributed by atoms with van der Waals surface area (Å²) in [7, 11) is 0. The lowest BCUT2D eigenvalue weighted by molar-refractivity contribution is -0.0270. The van der Waals surface area contributed by atoms with Gasteiger partial charge >= 0.3 is 6.09 Å². The lowest BCUT2D eigenvalue weighted by atomic mass is 9.68. The van der Waals surface area contributed by atoms with Gasteiger partial charge in [-0.1, -0.05) is 43.3 Å². The van der Waals surface area contributed by atoms with Gasteiger partial charge in [-0.15, -0.1) is 0 Å². The molecule has 2 aliphatic rings. The summed E-state index contributed by atoms with van der Waals surface area (Å²) in [6, 6.07) is 15.7. The van der Waals surface area contributed by atoms with Gasteiger partial charge in [-0.25, -0.2) is 14.6 Å². The molecule has 0 radical (unpaired) electrons. The Hall–Kier alpha value is -3.33. The van der Waals surface area contributed by atoms with E-state index in [9.17, 15) is 4.79 Å². The molecule has 1 aromatic heterocycles. The number of benzene rings is 2. The van der Waals surface area contributed by atoms with Crippen LogP contribution in [0.4, 0.5) is 10.5 Å². The number of aromatic nitrogens is 2. The third kappa shape index (κ3) is 3.76. The molecule has 0 N–H and O–H groups in total. The van der Waals surface area contributed by atoms with Gasteiger partial charge in [0.05, 0.1) is 30.5 Å². The van der Waals surface area contributed by atoms with Crippen LogP contribution in [-0.4, -0.2) is 32.7 Å². The van der Waals surface area contributed by atoms with Crippen LogP contribution in [0.5, 0.6) is 0 Å². The van der Waals surface area contributed by atoms with Gasteiger partial charge in [0.1, 0.15) is 5.60 Å². The van der Waals surface area contributed by atoms with E-state index in [1.165, 1.54) is 0 Å². The van der Waals surface area contributed by atoms with Crippen LogP contribution in [0.1, 0.15) is 38.2 Å². The van der Waals surface area contributed by atoms with Gasteiger partial charge in [-0.3, -0.25) is 4.90 Å². The zero-order valence-electron chi connectivity index (χ0n) is 17.8. The van der Waals surface area contributed by atoms with Crippen molar-refractivity contribution in [3.8, 4) is 0 Å². The quantitative estimate of drug-likeness (QED) is 0.525. The summed E-state index contributed by atoms with van der Waals surface area (Å²) in [5, 5.41) is 0. The number of ether oxygens (including phenoxy) is 1. The summed E-state index contributed by atoms with van der Waals surface area (Å²) in [4.78, 5) is 22.6. The van der Waals surface area contributed by atoms with E-state index < -0.39 is 5.60 Å². The molecule has 1 amide bonds. The zero-order valence-corrected chi connectivity index (χ0v) is 17.8. The minimum absolute atomic E-state index is 0.0109. The van der Waals surface area contributed by atoms with Crippen molar-refractivity contribution in [2.75, 3.05) is 6.54 Å². The van der Waals surface area contributed by atoms with Crippen molar-refractivity contribution < 1.29 is 9.53 Å². The van der Waals surface area contributed by atoms with Gasteiger partial charge in [0.25, 0.3) is 0 Å². The molecule has 6 heteroatoms. The molecule has 31 heavy (non-hydrogen) atoms. The van der Waals surface area contributed by atoms with Crippen LogP contribution in [0, 0.1) is 12.0 Å². The van der Waals surface area contributed by atoms with E-state index in [0.29, 0.717) is 18.8 Å². The highest BCUT2D eigenvalue weighted by Crippen LogP contribution is 2.47. The SMILES string of the molecule is [C-]#[N+]c1ccc2ncn(C[C@@]3(C)CCC[C@@]4(CN(Cc5ccccc5)C(=O)O4)C3)c2c1. The van der Waals surface area contributed by atoms with Crippen LogP contribution in [0.2, 0.25) is 0 Å². The third-order valence-electron chi connectivity index (χ3n) is 6.70. The first-order valence-corrected chi connectivity index (χ1v) is 10.8. The predicted octanol–water partition coefficient (Wildman–Crippen LogP) is 5.56. The highest BCUT2D eigenvalue weighted by Gasteiger charge is 2.51. The van der Waals surface area contributed by atoms with Crippen molar-refractivity contribution in [3.05, 3.63) is 71.8 Å². The summed E-state index contributed by atoms with van der Waals surface area (Å²) >= 11 is 0. The highest BCUT2D eigenvalue weighted by molar-refractivity contribution is 5.79. The molecule has 0 bridgehead atoms. The Bertz CT molecular complexity index is 1170. The molecular formula is C25H26N4O2. The second kappa shape index (κ2) is 7.42. The maximum atomic E-state index is 12.7. The molecule has 2 heterocycles. The van der Waals surface area contributed by atoms with E-state index in [2.05, 4.69) is 21.3 Å². The van der Waals surface area contributed by atoms with Gasteiger partial charge in [0, 0.05) is 13.1 Å². The number of imidazole rings is 1. The third-order valence-corrected chi connectivity index (χ3v) is 6.70. The summed E-state index contributed by atoms with van der Waals surface area (Å²) in [5.74, 6) is 0. The van der Waals surface area contributed by atoms with Crippen LogP contribution in [0.15, 0.2) is 54.9 Å². The molecule has 2 atom stereocenters. The fraction of sp³-hybridized carbons (Fsp3) is 0.400. The summed E-state index contributed by atoms with van der Waals surface area (Å²) < 4.78 is 8.19. The van der Waals surface area contributed by atoms with Crippen molar-refractivity contribution in [2.45, 2.75) is 51.3 Å². The number of carbonyl (C=O) groups is 1. The molecule has 1 aliphatic heterocycles. The second-order valence-corrected chi connectivity index (χ2v) is 9.39. The van der Waals surface area contributed by atoms with Gasteiger partial charge in [0.2, 0.25) is 0 Å². The first-order chi connectivity index (χ1) is 15.0. The Morgan fingerprint density at radius 3 is 2.84 bits per heavy atom. The number of hydrogen-bond donors (Lipinski definition) is 0. The zero-order chi connectivity index (χ0) is 21.5. The van der Waals surface area contributed by atoms with Crippen molar-refractivity contribution in [3.63, 3.8) is 0 Å². The number of hydrogen-bond acceptors (Lipinski definition) is 3. The second-order valence-electron chi connectivity index (χ2n) is 9.39. The molecule has 5 rings (SSSR count). The largest absolute Gasteiger partial charge is 0.441 e. The van der Waals surface area contributed by atoms with Gasteiger partial charge in [0.15, 0.2) is 5.69 Å². The van der Waals surface area contributed by atoms with Gasteiger partial charge < -0.3 is 9.30 Å².